The Morgan fingerprint density at radius 2 is 1.92 bits per heavy atom. The fourth-order valence-electron chi connectivity index (χ4n) is 2.32. The molecule has 0 aliphatic heterocycles. The molecule has 0 aliphatic rings. The van der Waals surface area contributed by atoms with E-state index in [-0.39, 0.29) is 18.1 Å². The van der Waals surface area contributed by atoms with E-state index in [1.54, 1.807) is 37.3 Å². The highest BCUT2D eigenvalue weighted by Crippen LogP contribution is 2.19. The number of aromatic nitrogens is 2. The third-order valence-corrected chi connectivity index (χ3v) is 3.40. The maximum absolute atomic E-state index is 12.0. The molecule has 0 radical (unpaired) electrons. The molecule has 0 saturated heterocycles. The first-order chi connectivity index (χ1) is 12.1. The smallest absolute Gasteiger partial charge is 0.262 e. The summed E-state index contributed by atoms with van der Waals surface area (Å²) >= 11 is 0. The van der Waals surface area contributed by atoms with Crippen LogP contribution in [0.3, 0.4) is 0 Å². The maximum Gasteiger partial charge on any atom is 0.262 e. The molecule has 1 heterocycles. The van der Waals surface area contributed by atoms with Crippen LogP contribution in [0.25, 0.3) is 11.4 Å². The molecule has 1 aromatic heterocycles. The number of carbonyl (C=O) groups is 1. The van der Waals surface area contributed by atoms with E-state index < -0.39 is 0 Å². The summed E-state index contributed by atoms with van der Waals surface area (Å²) in [4.78, 5) is 30.6. The molecule has 0 fully saturated rings. The third kappa shape index (κ3) is 4.54. The lowest BCUT2D eigenvalue weighted by Crippen LogP contribution is -2.20. The van der Waals surface area contributed by atoms with Crippen molar-refractivity contribution in [3.05, 3.63) is 76.7 Å². The van der Waals surface area contributed by atoms with Crippen LogP contribution in [0.1, 0.15) is 5.69 Å². The van der Waals surface area contributed by atoms with Crippen molar-refractivity contribution in [2.45, 2.75) is 6.92 Å². The van der Waals surface area contributed by atoms with Crippen molar-refractivity contribution in [1.29, 1.82) is 0 Å². The number of H-pyrrole nitrogens is 1. The van der Waals surface area contributed by atoms with Gasteiger partial charge in [-0.1, -0.05) is 30.3 Å². The summed E-state index contributed by atoms with van der Waals surface area (Å²) in [5, 5.41) is 2.77. The molecule has 0 saturated carbocycles. The van der Waals surface area contributed by atoms with Gasteiger partial charge in [0.05, 0.1) is 0 Å². The Kier molecular flexibility index (Phi) is 4.89. The van der Waals surface area contributed by atoms with Crippen LogP contribution in [-0.4, -0.2) is 22.5 Å². The van der Waals surface area contributed by atoms with Gasteiger partial charge in [0, 0.05) is 23.0 Å². The first-order valence-electron chi connectivity index (χ1n) is 7.76. The van der Waals surface area contributed by atoms with E-state index >= 15 is 0 Å². The Bertz CT molecular complexity index is 936. The predicted octanol–water partition coefficient (Wildman–Crippen LogP) is 2.76. The SMILES string of the molecule is Cc1cc(=O)[nH]c(-c2cccc(NC(=O)COc3ccccc3)c2)n1. The summed E-state index contributed by atoms with van der Waals surface area (Å²) in [5.41, 5.74) is 1.73. The largest absolute Gasteiger partial charge is 0.484 e. The fourth-order valence-corrected chi connectivity index (χ4v) is 2.32. The second kappa shape index (κ2) is 7.44. The first-order valence-corrected chi connectivity index (χ1v) is 7.76. The molecule has 1 amide bonds. The van der Waals surface area contributed by atoms with Gasteiger partial charge >= 0.3 is 0 Å². The first kappa shape index (κ1) is 16.4. The lowest BCUT2D eigenvalue weighted by molar-refractivity contribution is -0.118. The van der Waals surface area contributed by atoms with Crippen molar-refractivity contribution >= 4 is 11.6 Å². The molecule has 25 heavy (non-hydrogen) atoms. The molecule has 6 heteroatoms. The molecule has 0 spiro atoms. The van der Waals surface area contributed by atoms with E-state index in [4.69, 9.17) is 4.74 Å². The number of aryl methyl sites for hydroxylation is 1. The van der Waals surface area contributed by atoms with Crippen LogP contribution in [-0.2, 0) is 4.79 Å². The Hall–Kier alpha value is -3.41. The Morgan fingerprint density at radius 3 is 2.68 bits per heavy atom. The number of para-hydroxylation sites is 1. The summed E-state index contributed by atoms with van der Waals surface area (Å²) < 4.78 is 5.41. The van der Waals surface area contributed by atoms with E-state index in [0.717, 1.165) is 0 Å². The summed E-state index contributed by atoms with van der Waals surface area (Å²) in [6.45, 7) is 1.67. The quantitative estimate of drug-likeness (QED) is 0.751. The molecule has 2 aromatic carbocycles. The van der Waals surface area contributed by atoms with Crippen LogP contribution in [0.5, 0.6) is 5.75 Å². The molecule has 6 nitrogen and oxygen atoms in total. The summed E-state index contributed by atoms with van der Waals surface area (Å²) in [5.74, 6) is 0.821. The van der Waals surface area contributed by atoms with Crippen LogP contribution in [0.15, 0.2) is 65.5 Å². The lowest BCUT2D eigenvalue weighted by Gasteiger charge is -2.09. The van der Waals surface area contributed by atoms with Crippen molar-refractivity contribution in [1.82, 2.24) is 9.97 Å². The van der Waals surface area contributed by atoms with E-state index in [0.29, 0.717) is 28.5 Å². The van der Waals surface area contributed by atoms with Gasteiger partial charge in [0.25, 0.3) is 11.5 Å². The number of benzene rings is 2. The van der Waals surface area contributed by atoms with E-state index in [1.165, 1.54) is 6.07 Å². The normalized spacial score (nSPS) is 10.3. The number of rotatable bonds is 5. The average molecular weight is 335 g/mol. The number of hydrogen-bond donors (Lipinski definition) is 2. The molecule has 0 atom stereocenters. The number of nitrogens with zero attached hydrogens (tertiary/aromatic N) is 1. The Labute approximate surface area is 144 Å². The van der Waals surface area contributed by atoms with Crippen LogP contribution in [0.2, 0.25) is 0 Å². The van der Waals surface area contributed by atoms with Crippen molar-refractivity contribution < 1.29 is 9.53 Å². The molecule has 126 valence electrons. The molecule has 2 N–H and O–H groups in total. The van der Waals surface area contributed by atoms with Gasteiger partial charge in [0.15, 0.2) is 6.61 Å². The van der Waals surface area contributed by atoms with Crippen LogP contribution < -0.4 is 15.6 Å². The van der Waals surface area contributed by atoms with Crippen molar-refractivity contribution in [2.24, 2.45) is 0 Å². The van der Waals surface area contributed by atoms with Gasteiger partial charge in [0.1, 0.15) is 11.6 Å². The summed E-state index contributed by atoms with van der Waals surface area (Å²) in [7, 11) is 0. The fraction of sp³-hybridized carbons (Fsp3) is 0.105. The van der Waals surface area contributed by atoms with Gasteiger partial charge in [-0.15, -0.1) is 0 Å². The molecule has 3 aromatic rings. The molecule has 0 bridgehead atoms. The average Bonchev–Trinajstić information content (AvgIpc) is 2.60. The van der Waals surface area contributed by atoms with Crippen molar-refractivity contribution in [3.63, 3.8) is 0 Å². The topological polar surface area (TPSA) is 84.1 Å². The predicted molar refractivity (Wildman–Crippen MR) is 95.6 cm³/mol. The second-order valence-electron chi connectivity index (χ2n) is 5.47. The lowest BCUT2D eigenvalue weighted by atomic mass is 10.2. The molecular weight excluding hydrogens is 318 g/mol. The zero-order valence-corrected chi connectivity index (χ0v) is 13.7. The third-order valence-electron chi connectivity index (χ3n) is 3.40. The molecule has 0 aliphatic carbocycles. The minimum Gasteiger partial charge on any atom is -0.484 e. The van der Waals surface area contributed by atoms with Gasteiger partial charge in [-0.3, -0.25) is 9.59 Å². The van der Waals surface area contributed by atoms with Gasteiger partial charge < -0.3 is 15.0 Å². The van der Waals surface area contributed by atoms with E-state index in [9.17, 15) is 9.59 Å². The number of hydrogen-bond acceptors (Lipinski definition) is 4. The summed E-state index contributed by atoms with van der Waals surface area (Å²) in [6, 6.07) is 17.7. The minimum atomic E-state index is -0.272. The van der Waals surface area contributed by atoms with Crippen LogP contribution in [0, 0.1) is 6.92 Å². The van der Waals surface area contributed by atoms with E-state index in [2.05, 4.69) is 15.3 Å². The molecular formula is C19H17N3O3. The zero-order valence-electron chi connectivity index (χ0n) is 13.7. The zero-order chi connectivity index (χ0) is 17.6. The number of nitrogens with one attached hydrogen (secondary N) is 2. The maximum atomic E-state index is 12.0. The summed E-state index contributed by atoms with van der Waals surface area (Å²) in [6.07, 6.45) is 0. The number of carbonyl (C=O) groups excluding carboxylic acids is 1. The van der Waals surface area contributed by atoms with E-state index in [1.807, 2.05) is 24.3 Å². The van der Waals surface area contributed by atoms with Crippen LogP contribution >= 0.6 is 0 Å². The molecule has 3 rings (SSSR count). The highest BCUT2D eigenvalue weighted by Gasteiger charge is 2.07. The van der Waals surface area contributed by atoms with Crippen molar-refractivity contribution in [2.75, 3.05) is 11.9 Å². The standard InChI is InChI=1S/C19H17N3O3/c1-13-10-17(23)22-19(20-13)14-6-5-7-15(11-14)21-18(24)12-25-16-8-3-2-4-9-16/h2-11H,12H2,1H3,(H,21,24)(H,20,22,23). The Balaban J connectivity index is 1.69. The van der Waals surface area contributed by atoms with Crippen molar-refractivity contribution in [3.8, 4) is 17.1 Å². The monoisotopic (exact) mass is 335 g/mol. The Morgan fingerprint density at radius 1 is 1.12 bits per heavy atom. The number of amides is 1. The van der Waals surface area contributed by atoms with Gasteiger partial charge in [-0.05, 0) is 31.2 Å². The highest BCUT2D eigenvalue weighted by atomic mass is 16.5. The number of ether oxygens (including phenoxy) is 1. The number of anilines is 1. The highest BCUT2D eigenvalue weighted by molar-refractivity contribution is 5.92. The molecule has 0 unspecified atom stereocenters. The van der Waals surface area contributed by atoms with Crippen LogP contribution in [0.4, 0.5) is 5.69 Å². The van der Waals surface area contributed by atoms with Gasteiger partial charge in [0.2, 0.25) is 0 Å². The minimum absolute atomic E-state index is 0.0895. The second-order valence-corrected chi connectivity index (χ2v) is 5.47. The van der Waals surface area contributed by atoms with Gasteiger partial charge in [-0.2, -0.15) is 0 Å². The number of aromatic amines is 1. The van der Waals surface area contributed by atoms with Gasteiger partial charge in [-0.25, -0.2) is 4.98 Å².